The average molecular weight is 420 g/mol. The summed E-state index contributed by atoms with van der Waals surface area (Å²) in [5, 5.41) is 3.75. The Balaban J connectivity index is 1.87. The molecule has 1 N–H and O–H groups in total. The third-order valence-electron chi connectivity index (χ3n) is 3.85. The minimum atomic E-state index is -0.553. The minimum absolute atomic E-state index is 0.266. The van der Waals surface area contributed by atoms with E-state index in [1.54, 1.807) is 30.3 Å². The lowest BCUT2D eigenvalue weighted by Crippen LogP contribution is -2.22. The van der Waals surface area contributed by atoms with Crippen LogP contribution in [-0.2, 0) is 20.9 Å². The molecule has 0 saturated carbocycles. The fraction of sp³-hybridized carbons (Fsp3) is 0.158. The second-order valence-corrected chi connectivity index (χ2v) is 6.80. The van der Waals surface area contributed by atoms with E-state index in [1.165, 1.54) is 23.9 Å². The molecule has 0 unspecified atom stereocenters. The maximum Gasteiger partial charge on any atom is 0.303 e. The van der Waals surface area contributed by atoms with Crippen molar-refractivity contribution in [1.82, 2.24) is 9.55 Å². The molecule has 0 atom stereocenters. The van der Waals surface area contributed by atoms with Crippen molar-refractivity contribution in [3.63, 3.8) is 0 Å². The number of ether oxygens (including phenoxy) is 1. The first-order valence-corrected chi connectivity index (χ1v) is 8.95. The third-order valence-corrected chi connectivity index (χ3v) is 4.59. The molecule has 2 aromatic carbocycles. The molecular formula is C19H15Cl2N3O4. The quantitative estimate of drug-likeness (QED) is 0.640. The molecule has 0 radical (unpaired) electrons. The van der Waals surface area contributed by atoms with Crippen LogP contribution in [0.25, 0.3) is 10.9 Å². The molecule has 3 rings (SSSR count). The van der Waals surface area contributed by atoms with E-state index in [0.29, 0.717) is 26.6 Å². The predicted molar refractivity (Wildman–Crippen MR) is 107 cm³/mol. The molecule has 0 bridgehead atoms. The Morgan fingerprint density at radius 2 is 1.93 bits per heavy atom. The molecule has 1 heterocycles. The van der Waals surface area contributed by atoms with Gasteiger partial charge in [-0.15, -0.1) is 0 Å². The van der Waals surface area contributed by atoms with Gasteiger partial charge in [-0.2, -0.15) is 0 Å². The summed E-state index contributed by atoms with van der Waals surface area (Å²) < 4.78 is 6.08. The summed E-state index contributed by atoms with van der Waals surface area (Å²) in [4.78, 5) is 39.7. The fourth-order valence-corrected chi connectivity index (χ4v) is 2.87. The Hall–Kier alpha value is -2.90. The van der Waals surface area contributed by atoms with E-state index < -0.39 is 18.5 Å². The number of carbonyl (C=O) groups is 2. The maximum atomic E-state index is 12.8. The number of esters is 1. The molecular weight excluding hydrogens is 405 g/mol. The highest BCUT2D eigenvalue weighted by molar-refractivity contribution is 6.42. The largest absolute Gasteiger partial charge is 0.456 e. The van der Waals surface area contributed by atoms with E-state index in [9.17, 15) is 14.4 Å². The van der Waals surface area contributed by atoms with E-state index in [0.717, 1.165) is 5.56 Å². The third kappa shape index (κ3) is 4.68. The zero-order chi connectivity index (χ0) is 20.3. The van der Waals surface area contributed by atoms with E-state index in [4.69, 9.17) is 23.2 Å². The summed E-state index contributed by atoms with van der Waals surface area (Å²) in [5.41, 5.74) is 1.42. The van der Waals surface area contributed by atoms with Gasteiger partial charge in [0.2, 0.25) is 0 Å². The number of carbonyl (C=O) groups excluding carboxylic acids is 2. The molecule has 0 aliphatic carbocycles. The van der Waals surface area contributed by atoms with E-state index >= 15 is 0 Å². The lowest BCUT2D eigenvalue weighted by atomic mass is 10.2. The van der Waals surface area contributed by atoms with Crippen LogP contribution < -0.4 is 10.9 Å². The molecule has 1 aromatic heterocycles. The Labute approximate surface area is 169 Å². The Kier molecular flexibility index (Phi) is 5.96. The van der Waals surface area contributed by atoms with Crippen molar-refractivity contribution >= 4 is 51.7 Å². The average Bonchev–Trinajstić information content (AvgIpc) is 2.65. The van der Waals surface area contributed by atoms with Gasteiger partial charge in [0.1, 0.15) is 0 Å². The van der Waals surface area contributed by atoms with Gasteiger partial charge in [0.25, 0.3) is 11.5 Å². The lowest BCUT2D eigenvalue weighted by Gasteiger charge is -2.09. The molecule has 0 aliphatic heterocycles. The van der Waals surface area contributed by atoms with Crippen LogP contribution in [0.2, 0.25) is 10.0 Å². The highest BCUT2D eigenvalue weighted by atomic mass is 35.5. The summed E-state index contributed by atoms with van der Waals surface area (Å²) in [6.45, 7) is 1.08. The number of nitrogens with one attached hydrogen (secondary N) is 1. The molecule has 3 aromatic rings. The molecule has 144 valence electrons. The predicted octanol–water partition coefficient (Wildman–Crippen LogP) is 3.25. The summed E-state index contributed by atoms with van der Waals surface area (Å²) in [6.07, 6.45) is 1.45. The number of amides is 1. The van der Waals surface area contributed by atoms with Crippen molar-refractivity contribution in [3.8, 4) is 0 Å². The molecule has 0 saturated heterocycles. The summed E-state index contributed by atoms with van der Waals surface area (Å²) >= 11 is 11.9. The second-order valence-electron chi connectivity index (χ2n) is 5.99. The van der Waals surface area contributed by atoms with E-state index in [2.05, 4.69) is 15.0 Å². The normalized spacial score (nSPS) is 10.7. The van der Waals surface area contributed by atoms with Crippen LogP contribution in [0.15, 0.2) is 47.5 Å². The van der Waals surface area contributed by atoms with Crippen molar-refractivity contribution in [2.24, 2.45) is 0 Å². The highest BCUT2D eigenvalue weighted by Gasteiger charge is 2.09. The first kappa shape index (κ1) is 19.9. The lowest BCUT2D eigenvalue weighted by molar-refractivity contribution is -0.144. The van der Waals surface area contributed by atoms with Crippen LogP contribution in [0.1, 0.15) is 12.5 Å². The van der Waals surface area contributed by atoms with E-state index in [1.807, 2.05) is 0 Å². The van der Waals surface area contributed by atoms with Crippen LogP contribution in [0, 0.1) is 0 Å². The first-order chi connectivity index (χ1) is 13.3. The zero-order valence-electron chi connectivity index (χ0n) is 14.7. The van der Waals surface area contributed by atoms with Gasteiger partial charge in [-0.3, -0.25) is 19.0 Å². The number of hydrogen-bond donors (Lipinski definition) is 1. The SMILES string of the molecule is CC(=O)OCC(=O)Nc1ccc2ncn(Cc3ccc(Cl)c(Cl)c3)c(=O)c2c1. The summed E-state index contributed by atoms with van der Waals surface area (Å²) in [6, 6.07) is 9.89. The standard InChI is InChI=1S/C19H15Cl2N3O4/c1-11(25)28-9-18(26)23-13-3-5-17-14(7-13)19(27)24(10-22-17)8-12-2-4-15(20)16(21)6-12/h2-7,10H,8-9H2,1H3,(H,23,26). The van der Waals surface area contributed by atoms with Crippen LogP contribution in [0.3, 0.4) is 0 Å². The number of nitrogens with zero attached hydrogens (tertiary/aromatic N) is 2. The van der Waals surface area contributed by atoms with Crippen LogP contribution in [0.5, 0.6) is 0 Å². The van der Waals surface area contributed by atoms with Gasteiger partial charge in [0.05, 0.1) is 33.8 Å². The number of rotatable bonds is 5. The Bertz CT molecular complexity index is 1130. The van der Waals surface area contributed by atoms with Crippen molar-refractivity contribution in [1.29, 1.82) is 0 Å². The first-order valence-electron chi connectivity index (χ1n) is 8.20. The number of benzene rings is 2. The molecule has 0 fully saturated rings. The van der Waals surface area contributed by atoms with Crippen LogP contribution in [-0.4, -0.2) is 28.0 Å². The van der Waals surface area contributed by atoms with Crippen LogP contribution >= 0.6 is 23.2 Å². The fourth-order valence-electron chi connectivity index (χ4n) is 2.55. The monoisotopic (exact) mass is 419 g/mol. The molecule has 9 heteroatoms. The molecule has 0 aliphatic rings. The highest BCUT2D eigenvalue weighted by Crippen LogP contribution is 2.23. The Morgan fingerprint density at radius 3 is 2.64 bits per heavy atom. The smallest absolute Gasteiger partial charge is 0.303 e. The Morgan fingerprint density at radius 1 is 1.14 bits per heavy atom. The van der Waals surface area contributed by atoms with Gasteiger partial charge in [-0.05, 0) is 35.9 Å². The van der Waals surface area contributed by atoms with Gasteiger partial charge < -0.3 is 10.1 Å². The van der Waals surface area contributed by atoms with Gasteiger partial charge >= 0.3 is 5.97 Å². The topological polar surface area (TPSA) is 90.3 Å². The second kappa shape index (κ2) is 8.41. The van der Waals surface area contributed by atoms with Crippen molar-refractivity contribution in [2.45, 2.75) is 13.5 Å². The van der Waals surface area contributed by atoms with Gasteiger partial charge in [-0.1, -0.05) is 29.3 Å². The number of anilines is 1. The summed E-state index contributed by atoms with van der Waals surface area (Å²) in [7, 11) is 0. The molecule has 28 heavy (non-hydrogen) atoms. The number of hydrogen-bond acceptors (Lipinski definition) is 5. The number of halogens is 2. The zero-order valence-corrected chi connectivity index (χ0v) is 16.3. The van der Waals surface area contributed by atoms with Crippen molar-refractivity contribution < 1.29 is 14.3 Å². The number of fused-ring (bicyclic) bond motifs is 1. The molecule has 0 spiro atoms. The van der Waals surface area contributed by atoms with E-state index in [-0.39, 0.29) is 12.1 Å². The van der Waals surface area contributed by atoms with Crippen LogP contribution in [0.4, 0.5) is 5.69 Å². The molecule has 1 amide bonds. The maximum absolute atomic E-state index is 12.8. The van der Waals surface area contributed by atoms with Gasteiger partial charge in [0.15, 0.2) is 6.61 Å². The minimum Gasteiger partial charge on any atom is -0.456 e. The van der Waals surface area contributed by atoms with Gasteiger partial charge in [-0.25, -0.2) is 4.98 Å². The van der Waals surface area contributed by atoms with Gasteiger partial charge in [0, 0.05) is 12.6 Å². The summed E-state index contributed by atoms with van der Waals surface area (Å²) in [5.74, 6) is -1.06. The number of aromatic nitrogens is 2. The van der Waals surface area contributed by atoms with Crippen molar-refractivity contribution in [2.75, 3.05) is 11.9 Å². The molecule has 7 nitrogen and oxygen atoms in total. The van der Waals surface area contributed by atoms with Crippen molar-refractivity contribution in [3.05, 3.63) is 68.7 Å².